The molecule has 0 amide bonds. The fourth-order valence-electron chi connectivity index (χ4n) is 1.07. The first-order chi connectivity index (χ1) is 6.43. The Hall–Kier alpha value is -1.69. The Labute approximate surface area is 79.1 Å². The van der Waals surface area contributed by atoms with Crippen LogP contribution >= 0.6 is 0 Å². The quantitative estimate of drug-likeness (QED) is 0.558. The zero-order chi connectivity index (χ0) is 10.9. The van der Waals surface area contributed by atoms with Crippen molar-refractivity contribution < 1.29 is 14.4 Å². The molecule has 1 aromatic rings. The third-order valence-electron chi connectivity index (χ3n) is 1.78. The molecule has 1 rings (SSSR count). The van der Waals surface area contributed by atoms with E-state index in [9.17, 15) is 19.6 Å². The molecule has 1 aromatic carbocycles. The molecule has 0 bridgehead atoms. The Morgan fingerprint density at radius 2 is 2.21 bits per heavy atom. The third-order valence-corrected chi connectivity index (χ3v) is 1.78. The SMILES string of the molecule is CC(N)c1cc([N+](=O)[O-])c(F)cc1O. The molecule has 0 saturated carbocycles. The lowest BCUT2D eigenvalue weighted by Crippen LogP contribution is -2.06. The molecular formula is C8H9FN2O3. The van der Waals surface area contributed by atoms with Crippen LogP contribution in [0.2, 0.25) is 0 Å². The van der Waals surface area contributed by atoms with E-state index in [0.29, 0.717) is 6.07 Å². The topological polar surface area (TPSA) is 89.4 Å². The Morgan fingerprint density at radius 3 is 2.64 bits per heavy atom. The Bertz CT molecular complexity index is 379. The fraction of sp³-hybridized carbons (Fsp3) is 0.250. The van der Waals surface area contributed by atoms with E-state index in [0.717, 1.165) is 6.07 Å². The minimum Gasteiger partial charge on any atom is -0.507 e. The van der Waals surface area contributed by atoms with Crippen LogP contribution in [0.4, 0.5) is 10.1 Å². The second-order valence-electron chi connectivity index (χ2n) is 2.91. The first-order valence-corrected chi connectivity index (χ1v) is 3.86. The highest BCUT2D eigenvalue weighted by Gasteiger charge is 2.19. The number of nitro groups is 1. The van der Waals surface area contributed by atoms with Crippen molar-refractivity contribution in [3.63, 3.8) is 0 Å². The van der Waals surface area contributed by atoms with Crippen molar-refractivity contribution in [1.29, 1.82) is 0 Å². The second-order valence-corrected chi connectivity index (χ2v) is 2.91. The number of phenolic OH excluding ortho intramolecular Hbond substituents is 1. The van der Waals surface area contributed by atoms with Crippen LogP contribution < -0.4 is 5.73 Å². The van der Waals surface area contributed by atoms with Gasteiger partial charge in [0.15, 0.2) is 0 Å². The highest BCUT2D eigenvalue weighted by molar-refractivity contribution is 5.45. The van der Waals surface area contributed by atoms with Gasteiger partial charge >= 0.3 is 5.69 Å². The Kier molecular flexibility index (Phi) is 2.66. The average molecular weight is 200 g/mol. The number of hydrogen-bond acceptors (Lipinski definition) is 4. The van der Waals surface area contributed by atoms with E-state index in [-0.39, 0.29) is 11.3 Å². The molecule has 0 aliphatic carbocycles. The van der Waals surface area contributed by atoms with Crippen molar-refractivity contribution in [2.75, 3.05) is 0 Å². The van der Waals surface area contributed by atoms with Gasteiger partial charge in [0.25, 0.3) is 0 Å². The maximum Gasteiger partial charge on any atom is 0.305 e. The molecule has 1 atom stereocenters. The summed E-state index contributed by atoms with van der Waals surface area (Å²) in [6.45, 7) is 1.54. The number of hydrogen-bond donors (Lipinski definition) is 2. The van der Waals surface area contributed by atoms with Crippen molar-refractivity contribution in [3.05, 3.63) is 33.6 Å². The number of benzene rings is 1. The van der Waals surface area contributed by atoms with Crippen molar-refractivity contribution in [3.8, 4) is 5.75 Å². The molecule has 0 aromatic heterocycles. The zero-order valence-corrected chi connectivity index (χ0v) is 7.40. The lowest BCUT2D eigenvalue weighted by molar-refractivity contribution is -0.387. The van der Waals surface area contributed by atoms with E-state index in [1.807, 2.05) is 0 Å². The lowest BCUT2D eigenvalue weighted by atomic mass is 10.1. The van der Waals surface area contributed by atoms with E-state index in [2.05, 4.69) is 0 Å². The van der Waals surface area contributed by atoms with Crippen LogP contribution in [0.25, 0.3) is 0 Å². The van der Waals surface area contributed by atoms with E-state index in [1.165, 1.54) is 6.92 Å². The van der Waals surface area contributed by atoms with E-state index in [4.69, 9.17) is 5.73 Å². The molecule has 0 spiro atoms. The molecule has 3 N–H and O–H groups in total. The maximum atomic E-state index is 12.9. The number of aromatic hydroxyl groups is 1. The number of nitrogens with two attached hydrogens (primary N) is 1. The largest absolute Gasteiger partial charge is 0.507 e. The molecule has 6 heteroatoms. The van der Waals surface area contributed by atoms with Gasteiger partial charge in [0.2, 0.25) is 5.82 Å². The summed E-state index contributed by atoms with van der Waals surface area (Å²) >= 11 is 0. The summed E-state index contributed by atoms with van der Waals surface area (Å²) in [6.07, 6.45) is 0. The van der Waals surface area contributed by atoms with Crippen molar-refractivity contribution in [1.82, 2.24) is 0 Å². The monoisotopic (exact) mass is 200 g/mol. The molecule has 0 heterocycles. The summed E-state index contributed by atoms with van der Waals surface area (Å²) in [5.41, 5.74) is 4.89. The molecule has 14 heavy (non-hydrogen) atoms. The minimum absolute atomic E-state index is 0.151. The normalized spacial score (nSPS) is 12.5. The van der Waals surface area contributed by atoms with Crippen molar-refractivity contribution >= 4 is 5.69 Å². The highest BCUT2D eigenvalue weighted by Crippen LogP contribution is 2.29. The molecule has 1 unspecified atom stereocenters. The van der Waals surface area contributed by atoms with Gasteiger partial charge in [-0.05, 0) is 6.92 Å². The predicted octanol–water partition coefficient (Wildman–Crippen LogP) is 1.46. The Morgan fingerprint density at radius 1 is 1.64 bits per heavy atom. The molecule has 0 aliphatic rings. The third kappa shape index (κ3) is 1.80. The van der Waals surface area contributed by atoms with Gasteiger partial charge in [-0.25, -0.2) is 0 Å². The van der Waals surface area contributed by atoms with Gasteiger partial charge < -0.3 is 10.8 Å². The van der Waals surface area contributed by atoms with Gasteiger partial charge in [0, 0.05) is 23.7 Å². The minimum atomic E-state index is -1.07. The first-order valence-electron chi connectivity index (χ1n) is 3.86. The van der Waals surface area contributed by atoms with Crippen LogP contribution in [-0.4, -0.2) is 10.0 Å². The molecule has 5 nitrogen and oxygen atoms in total. The van der Waals surface area contributed by atoms with Crippen molar-refractivity contribution in [2.45, 2.75) is 13.0 Å². The Balaban J connectivity index is 3.34. The molecule has 0 saturated heterocycles. The number of rotatable bonds is 2. The van der Waals surface area contributed by atoms with Gasteiger partial charge in [-0.15, -0.1) is 0 Å². The number of nitro benzene ring substituents is 1. The van der Waals surface area contributed by atoms with Crippen LogP contribution in [0.3, 0.4) is 0 Å². The van der Waals surface area contributed by atoms with E-state index < -0.39 is 22.5 Å². The van der Waals surface area contributed by atoms with Gasteiger partial charge in [0.05, 0.1) is 4.92 Å². The summed E-state index contributed by atoms with van der Waals surface area (Å²) in [4.78, 5) is 9.49. The molecule has 0 radical (unpaired) electrons. The predicted molar refractivity (Wildman–Crippen MR) is 47.3 cm³/mol. The van der Waals surface area contributed by atoms with Gasteiger partial charge in [0.1, 0.15) is 5.75 Å². The van der Waals surface area contributed by atoms with Gasteiger partial charge in [-0.2, -0.15) is 4.39 Å². The van der Waals surface area contributed by atoms with Gasteiger partial charge in [-0.1, -0.05) is 0 Å². The highest BCUT2D eigenvalue weighted by atomic mass is 19.1. The van der Waals surface area contributed by atoms with E-state index >= 15 is 0 Å². The number of phenols is 1. The zero-order valence-electron chi connectivity index (χ0n) is 7.40. The lowest BCUT2D eigenvalue weighted by Gasteiger charge is -2.07. The summed E-state index contributed by atoms with van der Waals surface area (Å²) < 4.78 is 12.9. The van der Waals surface area contributed by atoms with E-state index in [1.54, 1.807) is 0 Å². The first kappa shape index (κ1) is 10.4. The maximum absolute atomic E-state index is 12.9. The summed E-state index contributed by atoms with van der Waals surface area (Å²) in [5.74, 6) is -1.44. The second kappa shape index (κ2) is 3.59. The molecule has 76 valence electrons. The smallest absolute Gasteiger partial charge is 0.305 e. The molecule has 0 aliphatic heterocycles. The summed E-state index contributed by atoms with van der Waals surface area (Å²) in [6, 6.07) is 1.04. The molecule has 0 fully saturated rings. The molecular weight excluding hydrogens is 191 g/mol. The van der Waals surface area contributed by atoms with Crippen LogP contribution in [0.1, 0.15) is 18.5 Å². The number of halogens is 1. The standard InChI is InChI=1S/C8H9FN2O3/c1-4(10)5-2-7(11(13)14)6(9)3-8(5)12/h2-4,12H,10H2,1H3. The van der Waals surface area contributed by atoms with Crippen LogP contribution in [0.15, 0.2) is 12.1 Å². The average Bonchev–Trinajstić information content (AvgIpc) is 2.02. The summed E-state index contributed by atoms with van der Waals surface area (Å²) in [5, 5.41) is 19.6. The van der Waals surface area contributed by atoms with Crippen LogP contribution in [0, 0.1) is 15.9 Å². The van der Waals surface area contributed by atoms with Crippen LogP contribution in [-0.2, 0) is 0 Å². The number of nitrogens with zero attached hydrogens (tertiary/aromatic N) is 1. The fourth-order valence-corrected chi connectivity index (χ4v) is 1.07. The van der Waals surface area contributed by atoms with Gasteiger partial charge in [-0.3, -0.25) is 10.1 Å². The van der Waals surface area contributed by atoms with Crippen molar-refractivity contribution in [2.24, 2.45) is 5.73 Å². The summed E-state index contributed by atoms with van der Waals surface area (Å²) in [7, 11) is 0. The van der Waals surface area contributed by atoms with Crippen LogP contribution in [0.5, 0.6) is 5.75 Å².